The van der Waals surface area contributed by atoms with E-state index in [0.29, 0.717) is 0 Å². The highest BCUT2D eigenvalue weighted by Gasteiger charge is 2.20. The number of nitrogens with one attached hydrogen (secondary N) is 1. The summed E-state index contributed by atoms with van der Waals surface area (Å²) in [6.07, 6.45) is 1.91. The van der Waals surface area contributed by atoms with E-state index in [1.54, 1.807) is 0 Å². The van der Waals surface area contributed by atoms with Crippen LogP contribution in [-0.4, -0.2) is 27.9 Å². The van der Waals surface area contributed by atoms with Gasteiger partial charge in [-0.05, 0) is 6.08 Å². The summed E-state index contributed by atoms with van der Waals surface area (Å²) in [4.78, 5) is 1.42. The first-order valence-corrected chi connectivity index (χ1v) is 3.04. The van der Waals surface area contributed by atoms with Crippen LogP contribution in [0.15, 0.2) is 12.7 Å². The zero-order valence-corrected chi connectivity index (χ0v) is 6.58. The van der Waals surface area contributed by atoms with Crippen molar-refractivity contribution in [3.8, 4) is 0 Å². The third-order valence-electron chi connectivity index (χ3n) is 0.553. The first kappa shape index (κ1) is 13.1. The second-order valence-corrected chi connectivity index (χ2v) is 2.19. The van der Waals surface area contributed by atoms with Crippen molar-refractivity contribution >= 4 is 7.25 Å². The molecule has 0 atom stereocenters. The molecular formula is C5H12BF4N. The lowest BCUT2D eigenvalue weighted by molar-refractivity contribution is -0.851. The summed E-state index contributed by atoms with van der Waals surface area (Å²) in [6.45, 7) is 4.64. The van der Waals surface area contributed by atoms with Crippen molar-refractivity contribution in [2.45, 2.75) is 0 Å². The zero-order chi connectivity index (χ0) is 9.49. The van der Waals surface area contributed by atoms with Crippen LogP contribution < -0.4 is 4.90 Å². The fourth-order valence-electron chi connectivity index (χ4n) is 0.289. The molecule has 0 aliphatic rings. The van der Waals surface area contributed by atoms with Crippen LogP contribution in [0.25, 0.3) is 0 Å². The Kier molecular flexibility index (Phi) is 7.40. The molecular weight excluding hydrogens is 161 g/mol. The lowest BCUT2D eigenvalue weighted by atomic mass is 10.3. The second kappa shape index (κ2) is 6.21. The molecule has 0 radical (unpaired) electrons. The van der Waals surface area contributed by atoms with Crippen LogP contribution >= 0.6 is 0 Å². The molecule has 0 aromatic heterocycles. The molecule has 0 aliphatic carbocycles. The summed E-state index contributed by atoms with van der Waals surface area (Å²) in [5.74, 6) is 0. The molecule has 0 aromatic carbocycles. The van der Waals surface area contributed by atoms with Crippen LogP contribution in [0.1, 0.15) is 0 Å². The van der Waals surface area contributed by atoms with Crippen LogP contribution in [0.4, 0.5) is 17.3 Å². The van der Waals surface area contributed by atoms with Crippen molar-refractivity contribution in [1.29, 1.82) is 0 Å². The van der Waals surface area contributed by atoms with Crippen molar-refractivity contribution in [2.75, 3.05) is 20.6 Å². The number of quaternary nitrogens is 1. The van der Waals surface area contributed by atoms with Crippen molar-refractivity contribution in [3.05, 3.63) is 12.7 Å². The van der Waals surface area contributed by atoms with Gasteiger partial charge in [0.15, 0.2) is 0 Å². The lowest BCUT2D eigenvalue weighted by Crippen LogP contribution is -3.05. The summed E-state index contributed by atoms with van der Waals surface area (Å²) >= 11 is 0. The molecule has 0 aliphatic heterocycles. The minimum atomic E-state index is -6.00. The van der Waals surface area contributed by atoms with Gasteiger partial charge in [-0.3, -0.25) is 0 Å². The van der Waals surface area contributed by atoms with E-state index in [9.17, 15) is 17.3 Å². The third-order valence-corrected chi connectivity index (χ3v) is 0.553. The van der Waals surface area contributed by atoms with Crippen LogP contribution in [0.2, 0.25) is 0 Å². The molecule has 68 valence electrons. The van der Waals surface area contributed by atoms with E-state index in [1.165, 1.54) is 4.90 Å². The smallest absolute Gasteiger partial charge is 0.418 e. The first-order chi connectivity index (χ1) is 4.77. The fraction of sp³-hybridized carbons (Fsp3) is 0.600. The SMILES string of the molecule is C=CC[NH+](C)C.F[B-](F)(F)F. The van der Waals surface area contributed by atoms with Gasteiger partial charge in [-0.25, -0.2) is 0 Å². The highest BCUT2D eigenvalue weighted by Crippen LogP contribution is 2.06. The van der Waals surface area contributed by atoms with Gasteiger partial charge < -0.3 is 22.2 Å². The van der Waals surface area contributed by atoms with E-state index in [4.69, 9.17) is 0 Å². The Morgan fingerprint density at radius 2 is 1.55 bits per heavy atom. The second-order valence-electron chi connectivity index (χ2n) is 2.19. The minimum absolute atomic E-state index is 1.06. The predicted octanol–water partition coefficient (Wildman–Crippen LogP) is 0.617. The van der Waals surface area contributed by atoms with Gasteiger partial charge in [0.25, 0.3) is 0 Å². The van der Waals surface area contributed by atoms with Gasteiger partial charge in [0.1, 0.15) is 0 Å². The number of hydrogen-bond acceptors (Lipinski definition) is 0. The van der Waals surface area contributed by atoms with E-state index in [1.807, 2.05) is 6.08 Å². The maximum absolute atomic E-state index is 9.75. The largest absolute Gasteiger partial charge is 0.673 e. The number of hydrogen-bond donors (Lipinski definition) is 1. The normalized spacial score (nSPS) is 10.5. The van der Waals surface area contributed by atoms with Gasteiger partial charge in [0.05, 0.1) is 20.6 Å². The monoisotopic (exact) mass is 173 g/mol. The summed E-state index contributed by atoms with van der Waals surface area (Å²) in [6, 6.07) is 0. The number of rotatable bonds is 2. The Bertz CT molecular complexity index is 95.1. The topological polar surface area (TPSA) is 4.44 Å². The lowest BCUT2D eigenvalue weighted by Gasteiger charge is -1.98. The molecule has 0 heterocycles. The van der Waals surface area contributed by atoms with Crippen LogP contribution in [-0.2, 0) is 0 Å². The van der Waals surface area contributed by atoms with Crippen molar-refractivity contribution in [1.82, 2.24) is 0 Å². The van der Waals surface area contributed by atoms with Gasteiger partial charge in [-0.2, -0.15) is 0 Å². The molecule has 0 rings (SSSR count). The average Bonchev–Trinajstić information content (AvgIpc) is 1.58. The van der Waals surface area contributed by atoms with Gasteiger partial charge >= 0.3 is 7.25 Å². The van der Waals surface area contributed by atoms with Gasteiger partial charge in [0.2, 0.25) is 0 Å². The van der Waals surface area contributed by atoms with Gasteiger partial charge in [-0.15, -0.1) is 0 Å². The van der Waals surface area contributed by atoms with E-state index in [-0.39, 0.29) is 0 Å². The van der Waals surface area contributed by atoms with Crippen LogP contribution in [0.3, 0.4) is 0 Å². The molecule has 0 fully saturated rings. The summed E-state index contributed by atoms with van der Waals surface area (Å²) in [5.41, 5.74) is 0. The van der Waals surface area contributed by atoms with Gasteiger partial charge in [-0.1, -0.05) is 6.58 Å². The standard InChI is InChI=1S/C5H11N.BF4/c1-4-5-6(2)3;2-1(3,4)5/h4H,1,5H2,2-3H3;/q;-1/p+1. The number of likely N-dealkylation sites (N-methyl/N-ethyl adjacent to an activating group) is 1. The van der Waals surface area contributed by atoms with Crippen molar-refractivity contribution in [2.24, 2.45) is 0 Å². The highest BCUT2D eigenvalue weighted by atomic mass is 19.5. The van der Waals surface area contributed by atoms with E-state index >= 15 is 0 Å². The van der Waals surface area contributed by atoms with Gasteiger partial charge in [0, 0.05) is 0 Å². The molecule has 0 unspecified atom stereocenters. The van der Waals surface area contributed by atoms with E-state index in [2.05, 4.69) is 20.7 Å². The van der Waals surface area contributed by atoms with E-state index in [0.717, 1.165) is 6.54 Å². The average molecular weight is 173 g/mol. The molecule has 1 nitrogen and oxygen atoms in total. The Morgan fingerprint density at radius 1 is 1.27 bits per heavy atom. The quantitative estimate of drug-likeness (QED) is 0.354. The third kappa shape index (κ3) is 86.1. The Hall–Kier alpha value is -0.515. The fourth-order valence-corrected chi connectivity index (χ4v) is 0.289. The molecule has 11 heavy (non-hydrogen) atoms. The maximum Gasteiger partial charge on any atom is 0.673 e. The first-order valence-electron chi connectivity index (χ1n) is 3.04. The van der Waals surface area contributed by atoms with Crippen molar-refractivity contribution < 1.29 is 22.2 Å². The summed E-state index contributed by atoms with van der Waals surface area (Å²) in [5, 5.41) is 0. The maximum atomic E-state index is 9.75. The Labute approximate surface area is 63.8 Å². The summed E-state index contributed by atoms with van der Waals surface area (Å²) < 4.78 is 39.0. The molecule has 1 N–H and O–H groups in total. The highest BCUT2D eigenvalue weighted by molar-refractivity contribution is 6.50. The Balaban J connectivity index is 0. The van der Waals surface area contributed by atoms with E-state index < -0.39 is 7.25 Å². The summed E-state index contributed by atoms with van der Waals surface area (Å²) in [7, 11) is -1.80. The Morgan fingerprint density at radius 3 is 1.55 bits per heavy atom. The van der Waals surface area contributed by atoms with Crippen LogP contribution in [0, 0.1) is 0 Å². The molecule has 0 saturated carbocycles. The molecule has 0 amide bonds. The molecule has 0 bridgehead atoms. The van der Waals surface area contributed by atoms with Crippen LogP contribution in [0.5, 0.6) is 0 Å². The molecule has 0 aromatic rings. The molecule has 0 saturated heterocycles. The van der Waals surface area contributed by atoms with Crippen molar-refractivity contribution in [3.63, 3.8) is 0 Å². The zero-order valence-electron chi connectivity index (χ0n) is 6.58. The predicted molar refractivity (Wildman–Crippen MR) is 38.1 cm³/mol. The molecule has 6 heteroatoms. The molecule has 0 spiro atoms. The number of halogens is 4. The minimum Gasteiger partial charge on any atom is -0.418 e.